The van der Waals surface area contributed by atoms with E-state index < -0.39 is 11.9 Å². The van der Waals surface area contributed by atoms with Crippen molar-refractivity contribution < 1.29 is 14.7 Å². The van der Waals surface area contributed by atoms with Gasteiger partial charge in [-0.15, -0.1) is 0 Å². The van der Waals surface area contributed by atoms with Crippen LogP contribution in [0.15, 0.2) is 12.2 Å². The summed E-state index contributed by atoms with van der Waals surface area (Å²) in [6.07, 6.45) is 8.43. The van der Waals surface area contributed by atoms with Crippen molar-refractivity contribution in [2.24, 2.45) is 23.7 Å². The van der Waals surface area contributed by atoms with E-state index in [1.807, 2.05) is 12.2 Å². The molecule has 1 aliphatic heterocycles. The highest BCUT2D eigenvalue weighted by molar-refractivity contribution is 5.87. The largest absolute Gasteiger partial charge is 0.481 e. The molecule has 0 aromatic rings. The number of carboxylic acids is 1. The van der Waals surface area contributed by atoms with E-state index >= 15 is 0 Å². The molecular weight excluding hydrogens is 268 g/mol. The van der Waals surface area contributed by atoms with Crippen molar-refractivity contribution in [3.63, 3.8) is 0 Å². The van der Waals surface area contributed by atoms with Crippen LogP contribution in [0.2, 0.25) is 0 Å². The fraction of sp³-hybridized carbons (Fsp3) is 0.750. The Balaban J connectivity index is 1.40. The van der Waals surface area contributed by atoms with Crippen LogP contribution in [0.25, 0.3) is 0 Å². The van der Waals surface area contributed by atoms with Gasteiger partial charge >= 0.3 is 5.97 Å². The monoisotopic (exact) mass is 290 g/mol. The Morgan fingerprint density at radius 2 is 1.81 bits per heavy atom. The number of carbonyl (C=O) groups is 2. The molecule has 5 heteroatoms. The van der Waals surface area contributed by atoms with Crippen LogP contribution in [0.5, 0.6) is 0 Å². The van der Waals surface area contributed by atoms with Gasteiger partial charge in [-0.2, -0.15) is 0 Å². The summed E-state index contributed by atoms with van der Waals surface area (Å²) in [6, 6.07) is 0.944. The van der Waals surface area contributed by atoms with Gasteiger partial charge in [0.1, 0.15) is 0 Å². The molecule has 2 bridgehead atoms. The van der Waals surface area contributed by atoms with Gasteiger partial charge in [-0.1, -0.05) is 12.2 Å². The Bertz CT molecular complexity index is 500. The van der Waals surface area contributed by atoms with Crippen LogP contribution in [0.1, 0.15) is 25.7 Å². The van der Waals surface area contributed by atoms with Gasteiger partial charge in [-0.05, 0) is 37.5 Å². The summed E-state index contributed by atoms with van der Waals surface area (Å²) < 4.78 is 0. The lowest BCUT2D eigenvalue weighted by Gasteiger charge is -2.25. The third-order valence-electron chi connectivity index (χ3n) is 5.68. The van der Waals surface area contributed by atoms with Gasteiger partial charge in [0.25, 0.3) is 0 Å². The number of hydrogen-bond donors (Lipinski definition) is 2. The number of likely N-dealkylation sites (tertiary alicyclic amines) is 1. The summed E-state index contributed by atoms with van der Waals surface area (Å²) in [4.78, 5) is 26.5. The van der Waals surface area contributed by atoms with E-state index in [-0.39, 0.29) is 29.7 Å². The van der Waals surface area contributed by atoms with Crippen molar-refractivity contribution in [3.05, 3.63) is 12.2 Å². The molecule has 5 atom stereocenters. The molecule has 2 N–H and O–H groups in total. The van der Waals surface area contributed by atoms with Crippen LogP contribution >= 0.6 is 0 Å². The van der Waals surface area contributed by atoms with Gasteiger partial charge in [-0.3, -0.25) is 14.5 Å². The molecule has 0 aromatic carbocycles. The molecule has 1 saturated heterocycles. The van der Waals surface area contributed by atoms with Crippen molar-refractivity contribution in [3.8, 4) is 0 Å². The molecule has 3 aliphatic carbocycles. The maximum absolute atomic E-state index is 12.6. The molecule has 1 amide bonds. The molecule has 5 unspecified atom stereocenters. The number of amides is 1. The second-order valence-electron chi connectivity index (χ2n) is 7.06. The van der Waals surface area contributed by atoms with E-state index in [4.69, 9.17) is 0 Å². The Morgan fingerprint density at radius 1 is 1.10 bits per heavy atom. The first-order valence-electron chi connectivity index (χ1n) is 8.09. The van der Waals surface area contributed by atoms with Crippen LogP contribution in [-0.2, 0) is 9.59 Å². The maximum atomic E-state index is 12.6. The third kappa shape index (κ3) is 2.27. The number of hydrogen-bond acceptors (Lipinski definition) is 3. The number of fused-ring (bicyclic) bond motifs is 2. The minimum atomic E-state index is -0.821. The zero-order chi connectivity index (χ0) is 14.6. The summed E-state index contributed by atoms with van der Waals surface area (Å²) in [5.41, 5.74) is 0. The molecule has 2 saturated carbocycles. The van der Waals surface area contributed by atoms with Gasteiger partial charge in [0.05, 0.1) is 11.8 Å². The summed E-state index contributed by atoms with van der Waals surface area (Å²) in [5.74, 6) is -1.58. The molecule has 4 rings (SSSR count). The normalized spacial score (nSPS) is 41.6. The van der Waals surface area contributed by atoms with Gasteiger partial charge in [0.2, 0.25) is 5.91 Å². The lowest BCUT2D eigenvalue weighted by molar-refractivity contribution is -0.148. The van der Waals surface area contributed by atoms with Crippen molar-refractivity contribution in [1.29, 1.82) is 0 Å². The van der Waals surface area contributed by atoms with E-state index in [0.717, 1.165) is 32.0 Å². The summed E-state index contributed by atoms with van der Waals surface area (Å²) in [5, 5.41) is 12.5. The Morgan fingerprint density at radius 3 is 2.48 bits per heavy atom. The summed E-state index contributed by atoms with van der Waals surface area (Å²) >= 11 is 0. The first kappa shape index (κ1) is 13.3. The molecule has 4 aliphatic rings. The number of nitrogens with one attached hydrogen (secondary N) is 1. The number of carbonyl (C=O) groups excluding carboxylic acids is 1. The lowest BCUT2D eigenvalue weighted by Crippen LogP contribution is -2.45. The fourth-order valence-corrected chi connectivity index (χ4v) is 4.49. The van der Waals surface area contributed by atoms with Crippen molar-refractivity contribution in [2.45, 2.75) is 37.8 Å². The van der Waals surface area contributed by atoms with Crippen LogP contribution < -0.4 is 5.32 Å². The molecule has 5 nitrogen and oxygen atoms in total. The average Bonchev–Trinajstić information content (AvgIpc) is 2.88. The molecule has 1 heterocycles. The Hall–Kier alpha value is -1.36. The summed E-state index contributed by atoms with van der Waals surface area (Å²) in [6.45, 7) is 2.00. The molecule has 0 radical (unpaired) electrons. The van der Waals surface area contributed by atoms with Gasteiger partial charge in [0, 0.05) is 25.2 Å². The zero-order valence-electron chi connectivity index (χ0n) is 12.1. The standard InChI is InChI=1S/C16H22N2O3/c19-15(17-11-5-6-18(8-11)12-3-4-12)13-9-1-2-10(7-9)14(13)16(20)21/h1-2,9-14H,3-8H2,(H,17,19)(H,20,21). The van der Waals surface area contributed by atoms with Crippen LogP contribution in [0.4, 0.5) is 0 Å². The number of carboxylic acid groups (broad SMARTS) is 1. The molecule has 0 spiro atoms. The smallest absolute Gasteiger partial charge is 0.307 e. The van der Waals surface area contributed by atoms with Gasteiger partial charge in [0.15, 0.2) is 0 Å². The van der Waals surface area contributed by atoms with E-state index in [0.29, 0.717) is 0 Å². The minimum absolute atomic E-state index is 0.0399. The summed E-state index contributed by atoms with van der Waals surface area (Å²) in [7, 11) is 0. The Labute approximate surface area is 124 Å². The van der Waals surface area contributed by atoms with Crippen molar-refractivity contribution in [2.75, 3.05) is 13.1 Å². The number of aliphatic carboxylic acids is 1. The highest BCUT2D eigenvalue weighted by Gasteiger charge is 2.52. The molecule has 0 aromatic heterocycles. The maximum Gasteiger partial charge on any atom is 0.307 e. The quantitative estimate of drug-likeness (QED) is 0.754. The molecule has 3 fully saturated rings. The van der Waals surface area contributed by atoms with Gasteiger partial charge in [-0.25, -0.2) is 0 Å². The number of allylic oxidation sites excluding steroid dienone is 2. The molecule has 21 heavy (non-hydrogen) atoms. The topological polar surface area (TPSA) is 69.6 Å². The van der Waals surface area contributed by atoms with Gasteiger partial charge < -0.3 is 10.4 Å². The van der Waals surface area contributed by atoms with E-state index in [2.05, 4.69) is 10.2 Å². The number of rotatable bonds is 4. The predicted octanol–water partition coefficient (Wildman–Crippen LogP) is 0.862. The first-order valence-corrected chi connectivity index (χ1v) is 8.09. The Kier molecular flexibility index (Phi) is 3.06. The molecular formula is C16H22N2O3. The predicted molar refractivity (Wildman–Crippen MR) is 76.5 cm³/mol. The highest BCUT2D eigenvalue weighted by Crippen LogP contribution is 2.48. The minimum Gasteiger partial charge on any atom is -0.481 e. The lowest BCUT2D eigenvalue weighted by atomic mass is 9.82. The van der Waals surface area contributed by atoms with E-state index in [1.165, 1.54) is 12.8 Å². The zero-order valence-corrected chi connectivity index (χ0v) is 12.1. The molecule has 114 valence electrons. The van der Waals surface area contributed by atoms with E-state index in [9.17, 15) is 14.7 Å². The van der Waals surface area contributed by atoms with Crippen LogP contribution in [0.3, 0.4) is 0 Å². The second kappa shape index (κ2) is 4.83. The van der Waals surface area contributed by atoms with Crippen molar-refractivity contribution >= 4 is 11.9 Å². The van der Waals surface area contributed by atoms with E-state index in [1.54, 1.807) is 0 Å². The average molecular weight is 290 g/mol. The third-order valence-corrected chi connectivity index (χ3v) is 5.68. The van der Waals surface area contributed by atoms with Crippen LogP contribution in [0, 0.1) is 23.7 Å². The first-order chi connectivity index (χ1) is 10.1. The highest BCUT2D eigenvalue weighted by atomic mass is 16.4. The SMILES string of the molecule is O=C(O)C1C2C=CC(C2)C1C(=O)NC1CCN(C2CC2)C1. The van der Waals surface area contributed by atoms with Crippen LogP contribution in [-0.4, -0.2) is 47.1 Å². The fourth-order valence-electron chi connectivity index (χ4n) is 4.49. The second-order valence-corrected chi connectivity index (χ2v) is 7.06. The van der Waals surface area contributed by atoms with Crippen molar-refractivity contribution in [1.82, 2.24) is 10.2 Å². The number of nitrogens with zero attached hydrogens (tertiary/aromatic N) is 1.